The number of carbonyl (C=O) groups excluding carboxylic acids is 1. The maximum absolute atomic E-state index is 14.3. The molecule has 27 heavy (non-hydrogen) atoms. The van der Waals surface area contributed by atoms with Crippen LogP contribution in [0.2, 0.25) is 5.02 Å². The molecule has 0 bridgehead atoms. The lowest BCUT2D eigenvalue weighted by molar-refractivity contribution is -0.122. The second-order valence-corrected chi connectivity index (χ2v) is 7.12. The Hall–Kier alpha value is -2.74. The van der Waals surface area contributed by atoms with Gasteiger partial charge in [-0.3, -0.25) is 4.79 Å². The first-order valence-electron chi connectivity index (χ1n) is 8.74. The zero-order valence-corrected chi connectivity index (χ0v) is 15.1. The van der Waals surface area contributed by atoms with Crippen molar-refractivity contribution in [3.05, 3.63) is 35.5 Å². The van der Waals surface area contributed by atoms with Gasteiger partial charge in [-0.15, -0.1) is 0 Å². The maximum Gasteiger partial charge on any atom is 0.222 e. The molecule has 1 aliphatic rings. The van der Waals surface area contributed by atoms with Crippen LogP contribution in [0.4, 0.5) is 10.2 Å². The molecule has 2 atom stereocenters. The minimum atomic E-state index is -0.580. The molecule has 3 heterocycles. The lowest BCUT2D eigenvalue weighted by atomic mass is 9.84. The van der Waals surface area contributed by atoms with Crippen LogP contribution in [-0.2, 0) is 4.79 Å². The standard InChI is InChI=1S/C18H18ClFN6O/c19-9-5-11-12(7-23-16(11)22-6-9)17-24-8-13(20)18(26-17)25-14-4-2-1-3-10(14)15(21)27/h5-8,10,14H,1-4H2,(H2,21,27)(H,22,23)(H,24,25,26)/t10-,14-/m1/s1. The van der Waals surface area contributed by atoms with Gasteiger partial charge in [-0.25, -0.2) is 19.3 Å². The Morgan fingerprint density at radius 2 is 2.11 bits per heavy atom. The normalized spacial score (nSPS) is 19.9. The van der Waals surface area contributed by atoms with Crippen molar-refractivity contribution in [2.45, 2.75) is 31.7 Å². The van der Waals surface area contributed by atoms with Gasteiger partial charge in [0.1, 0.15) is 5.65 Å². The van der Waals surface area contributed by atoms with E-state index in [2.05, 4.69) is 25.3 Å². The van der Waals surface area contributed by atoms with E-state index in [-0.39, 0.29) is 23.7 Å². The topological polar surface area (TPSA) is 110 Å². The van der Waals surface area contributed by atoms with Gasteiger partial charge in [0.25, 0.3) is 0 Å². The Balaban J connectivity index is 1.69. The Labute approximate surface area is 159 Å². The highest BCUT2D eigenvalue weighted by atomic mass is 35.5. The largest absolute Gasteiger partial charge is 0.369 e. The number of amides is 1. The first-order valence-corrected chi connectivity index (χ1v) is 9.12. The summed E-state index contributed by atoms with van der Waals surface area (Å²) >= 11 is 6.03. The van der Waals surface area contributed by atoms with E-state index in [4.69, 9.17) is 17.3 Å². The third-order valence-corrected chi connectivity index (χ3v) is 5.14. The number of anilines is 1. The average Bonchev–Trinajstić information content (AvgIpc) is 3.07. The smallest absolute Gasteiger partial charge is 0.222 e. The van der Waals surface area contributed by atoms with E-state index in [1.54, 1.807) is 12.3 Å². The van der Waals surface area contributed by atoms with Crippen molar-refractivity contribution in [3.63, 3.8) is 0 Å². The van der Waals surface area contributed by atoms with Gasteiger partial charge in [-0.2, -0.15) is 0 Å². The minimum Gasteiger partial charge on any atom is -0.369 e. The molecule has 4 N–H and O–H groups in total. The van der Waals surface area contributed by atoms with Crippen LogP contribution in [0.1, 0.15) is 25.7 Å². The molecular weight excluding hydrogens is 371 g/mol. The van der Waals surface area contributed by atoms with Crippen molar-refractivity contribution in [1.82, 2.24) is 19.9 Å². The van der Waals surface area contributed by atoms with Crippen LogP contribution in [0, 0.1) is 11.7 Å². The summed E-state index contributed by atoms with van der Waals surface area (Å²) in [5, 5.41) is 4.29. The minimum absolute atomic E-state index is 0.0579. The Kier molecular flexibility index (Phi) is 4.65. The van der Waals surface area contributed by atoms with Gasteiger partial charge in [0.2, 0.25) is 5.91 Å². The molecule has 1 saturated carbocycles. The number of fused-ring (bicyclic) bond motifs is 1. The fraction of sp³-hybridized carbons (Fsp3) is 0.333. The van der Waals surface area contributed by atoms with Crippen LogP contribution in [0.25, 0.3) is 22.4 Å². The van der Waals surface area contributed by atoms with E-state index >= 15 is 0 Å². The highest BCUT2D eigenvalue weighted by Gasteiger charge is 2.30. The summed E-state index contributed by atoms with van der Waals surface area (Å²) in [6.07, 6.45) is 7.68. The molecule has 9 heteroatoms. The zero-order valence-electron chi connectivity index (χ0n) is 14.4. The molecule has 0 saturated heterocycles. The number of H-pyrrole nitrogens is 1. The van der Waals surface area contributed by atoms with Gasteiger partial charge in [-0.05, 0) is 18.9 Å². The van der Waals surface area contributed by atoms with Gasteiger partial charge in [-0.1, -0.05) is 24.4 Å². The monoisotopic (exact) mass is 388 g/mol. The van der Waals surface area contributed by atoms with E-state index in [0.717, 1.165) is 30.8 Å². The number of hydrogen-bond acceptors (Lipinski definition) is 5. The molecule has 0 aromatic carbocycles. The third kappa shape index (κ3) is 3.44. The van der Waals surface area contributed by atoms with Gasteiger partial charge < -0.3 is 16.0 Å². The number of hydrogen-bond donors (Lipinski definition) is 3. The predicted octanol–water partition coefficient (Wildman–Crippen LogP) is 3.27. The van der Waals surface area contributed by atoms with Crippen LogP contribution in [0.5, 0.6) is 0 Å². The second kappa shape index (κ2) is 7.11. The number of aromatic nitrogens is 4. The van der Waals surface area contributed by atoms with E-state index in [0.29, 0.717) is 28.5 Å². The fourth-order valence-electron chi connectivity index (χ4n) is 3.58. The number of primary amides is 1. The van der Waals surface area contributed by atoms with E-state index in [9.17, 15) is 9.18 Å². The summed E-state index contributed by atoms with van der Waals surface area (Å²) < 4.78 is 14.3. The van der Waals surface area contributed by atoms with Gasteiger partial charge in [0.15, 0.2) is 17.5 Å². The number of nitrogens with one attached hydrogen (secondary N) is 2. The lowest BCUT2D eigenvalue weighted by Gasteiger charge is -2.30. The highest BCUT2D eigenvalue weighted by molar-refractivity contribution is 6.31. The summed E-state index contributed by atoms with van der Waals surface area (Å²) in [5.74, 6) is -0.904. The highest BCUT2D eigenvalue weighted by Crippen LogP contribution is 2.30. The molecule has 0 spiro atoms. The molecule has 1 aliphatic carbocycles. The summed E-state index contributed by atoms with van der Waals surface area (Å²) in [4.78, 5) is 27.4. The SMILES string of the molecule is NC(=O)[C@@H]1CCCC[C@H]1Nc1nc(-c2c[nH]c3ncc(Cl)cc23)ncc1F. The quantitative estimate of drug-likeness (QED) is 0.635. The van der Waals surface area contributed by atoms with Crippen LogP contribution in [0.15, 0.2) is 24.7 Å². The first kappa shape index (κ1) is 17.7. The average molecular weight is 389 g/mol. The number of nitrogens with two attached hydrogens (primary N) is 1. The number of carbonyl (C=O) groups is 1. The fourth-order valence-corrected chi connectivity index (χ4v) is 3.74. The van der Waals surface area contributed by atoms with Crippen molar-refractivity contribution >= 4 is 34.4 Å². The molecule has 4 rings (SSSR count). The number of halogens is 2. The summed E-state index contributed by atoms with van der Waals surface area (Å²) in [6.45, 7) is 0. The molecule has 0 radical (unpaired) electrons. The zero-order chi connectivity index (χ0) is 19.0. The number of nitrogens with zero attached hydrogens (tertiary/aromatic N) is 3. The maximum atomic E-state index is 14.3. The molecule has 140 valence electrons. The number of rotatable bonds is 4. The molecule has 3 aromatic rings. The van der Waals surface area contributed by atoms with Crippen LogP contribution < -0.4 is 11.1 Å². The molecule has 7 nitrogen and oxygen atoms in total. The van der Waals surface area contributed by atoms with Gasteiger partial charge in [0, 0.05) is 29.4 Å². The second-order valence-electron chi connectivity index (χ2n) is 6.69. The van der Waals surface area contributed by atoms with E-state index in [1.807, 2.05) is 0 Å². The van der Waals surface area contributed by atoms with Crippen LogP contribution in [-0.4, -0.2) is 31.9 Å². The van der Waals surface area contributed by atoms with Crippen molar-refractivity contribution < 1.29 is 9.18 Å². The molecule has 1 fully saturated rings. The molecule has 0 aliphatic heterocycles. The first-order chi connectivity index (χ1) is 13.0. The van der Waals surface area contributed by atoms with Crippen molar-refractivity contribution in [2.24, 2.45) is 11.7 Å². The van der Waals surface area contributed by atoms with Crippen molar-refractivity contribution in [3.8, 4) is 11.4 Å². The summed E-state index contributed by atoms with van der Waals surface area (Å²) in [7, 11) is 0. The lowest BCUT2D eigenvalue weighted by Crippen LogP contribution is -2.40. The summed E-state index contributed by atoms with van der Waals surface area (Å²) in [5.41, 5.74) is 6.81. The Morgan fingerprint density at radius 3 is 2.93 bits per heavy atom. The molecule has 0 unspecified atom stereocenters. The number of aromatic amines is 1. The summed E-state index contributed by atoms with van der Waals surface area (Å²) in [6, 6.07) is 1.51. The van der Waals surface area contributed by atoms with Crippen molar-refractivity contribution in [2.75, 3.05) is 5.32 Å². The van der Waals surface area contributed by atoms with E-state index < -0.39 is 5.82 Å². The Morgan fingerprint density at radius 1 is 1.30 bits per heavy atom. The van der Waals surface area contributed by atoms with E-state index in [1.165, 1.54) is 6.20 Å². The van der Waals surface area contributed by atoms with Gasteiger partial charge >= 0.3 is 0 Å². The molecule has 3 aromatic heterocycles. The third-order valence-electron chi connectivity index (χ3n) is 4.94. The van der Waals surface area contributed by atoms with Crippen LogP contribution in [0.3, 0.4) is 0 Å². The molecule has 1 amide bonds. The van der Waals surface area contributed by atoms with Crippen molar-refractivity contribution in [1.29, 1.82) is 0 Å². The number of pyridine rings is 1. The Bertz CT molecular complexity index is 1010. The predicted molar refractivity (Wildman–Crippen MR) is 101 cm³/mol. The molecular formula is C18H18ClFN6O. The van der Waals surface area contributed by atoms with Gasteiger partial charge in [0.05, 0.1) is 17.1 Å². The van der Waals surface area contributed by atoms with Crippen LogP contribution >= 0.6 is 11.6 Å².